The Labute approximate surface area is 98.7 Å². The molecule has 0 spiro atoms. The Morgan fingerprint density at radius 3 is 2.46 bits per heavy atom. The molecule has 0 aliphatic rings. The first kappa shape index (κ1) is 13.0. The summed E-state index contributed by atoms with van der Waals surface area (Å²) in [5, 5.41) is 0. The predicted octanol–water partition coefficient (Wildman–Crippen LogP) is 0.329. The molecular formula is C11H15LiS. The smallest absolute Gasteiger partial charge is 0.779 e. The van der Waals surface area contributed by atoms with E-state index in [-0.39, 0.29) is 18.9 Å². The molecule has 0 aliphatic carbocycles. The van der Waals surface area contributed by atoms with Gasteiger partial charge in [-0.15, -0.1) is 0 Å². The van der Waals surface area contributed by atoms with Gasteiger partial charge < -0.3 is 12.6 Å². The fourth-order valence-corrected chi connectivity index (χ4v) is 1.52. The van der Waals surface area contributed by atoms with Crippen LogP contribution in [0.2, 0.25) is 0 Å². The zero-order chi connectivity index (χ0) is 8.81. The molecule has 0 atom stereocenters. The number of unbranched alkanes of at least 4 members (excludes halogenated alkanes) is 2. The van der Waals surface area contributed by atoms with Gasteiger partial charge in [-0.25, -0.2) is 0 Å². The summed E-state index contributed by atoms with van der Waals surface area (Å²) < 4.78 is 0. The van der Waals surface area contributed by atoms with Crippen LogP contribution in [-0.2, 0) is 19.0 Å². The van der Waals surface area contributed by atoms with Crippen molar-refractivity contribution in [3.8, 4) is 0 Å². The fourth-order valence-electron chi connectivity index (χ4n) is 1.28. The van der Waals surface area contributed by atoms with Crippen molar-refractivity contribution in [2.75, 3.05) is 0 Å². The van der Waals surface area contributed by atoms with Crippen LogP contribution in [0.5, 0.6) is 0 Å². The van der Waals surface area contributed by atoms with Crippen molar-refractivity contribution in [2.24, 2.45) is 0 Å². The van der Waals surface area contributed by atoms with Crippen molar-refractivity contribution in [1.82, 2.24) is 0 Å². The summed E-state index contributed by atoms with van der Waals surface area (Å²) in [5.74, 6) is 0. The Balaban J connectivity index is 0.00000144. The second-order valence-corrected chi connectivity index (χ2v) is 3.50. The van der Waals surface area contributed by atoms with Crippen LogP contribution in [0.3, 0.4) is 0 Å². The van der Waals surface area contributed by atoms with Gasteiger partial charge >= 0.3 is 18.9 Å². The van der Waals surface area contributed by atoms with Crippen molar-refractivity contribution in [3.63, 3.8) is 0 Å². The maximum Gasteiger partial charge on any atom is 1.00 e. The molecule has 2 heteroatoms. The zero-order valence-corrected chi connectivity index (χ0v) is 9.36. The molecule has 0 heterocycles. The summed E-state index contributed by atoms with van der Waals surface area (Å²) in [7, 11) is 0. The first-order valence-electron chi connectivity index (χ1n) is 4.59. The molecule has 0 radical (unpaired) electrons. The standard InChI is InChI=1S/C11H16S.Li/c1-2-3-4-7-10-8-5-6-9-11(10)12;/h5-6,8-9,12H,2-4,7H2,1H3;/q;+1/p-1. The molecular weight excluding hydrogens is 171 g/mol. The third-order valence-corrected chi connectivity index (χ3v) is 2.42. The maximum atomic E-state index is 5.20. The van der Waals surface area contributed by atoms with Crippen LogP contribution in [-0.4, -0.2) is 0 Å². The van der Waals surface area contributed by atoms with E-state index in [2.05, 4.69) is 19.1 Å². The molecule has 66 valence electrons. The van der Waals surface area contributed by atoms with E-state index in [1.807, 2.05) is 12.1 Å². The van der Waals surface area contributed by atoms with E-state index in [1.165, 1.54) is 24.8 Å². The zero-order valence-electron chi connectivity index (χ0n) is 8.55. The molecule has 1 rings (SSSR count). The van der Waals surface area contributed by atoms with Gasteiger partial charge in [0.05, 0.1) is 0 Å². The Morgan fingerprint density at radius 1 is 1.15 bits per heavy atom. The molecule has 0 nitrogen and oxygen atoms in total. The third kappa shape index (κ3) is 4.72. The second kappa shape index (κ2) is 7.44. The summed E-state index contributed by atoms with van der Waals surface area (Å²) >= 11 is 5.20. The van der Waals surface area contributed by atoms with Crippen molar-refractivity contribution in [2.45, 2.75) is 37.5 Å². The minimum Gasteiger partial charge on any atom is -0.779 e. The van der Waals surface area contributed by atoms with E-state index in [4.69, 9.17) is 12.6 Å². The number of hydrogen-bond acceptors (Lipinski definition) is 1. The van der Waals surface area contributed by atoms with Crippen molar-refractivity contribution >= 4 is 12.6 Å². The van der Waals surface area contributed by atoms with Crippen LogP contribution in [0.25, 0.3) is 0 Å². The SMILES string of the molecule is CCCCCc1ccccc1[S-].[Li+]. The largest absolute Gasteiger partial charge is 1.00 e. The van der Waals surface area contributed by atoms with Crippen LogP contribution in [0, 0.1) is 0 Å². The Hall–Kier alpha value is 0.0374. The van der Waals surface area contributed by atoms with Crippen molar-refractivity contribution in [1.29, 1.82) is 0 Å². The first-order valence-corrected chi connectivity index (χ1v) is 5.00. The van der Waals surface area contributed by atoms with E-state index >= 15 is 0 Å². The topological polar surface area (TPSA) is 0 Å². The quantitative estimate of drug-likeness (QED) is 0.371. The van der Waals surface area contributed by atoms with Crippen LogP contribution >= 0.6 is 0 Å². The third-order valence-electron chi connectivity index (χ3n) is 2.02. The fraction of sp³-hybridized carbons (Fsp3) is 0.455. The van der Waals surface area contributed by atoms with E-state index in [0.717, 1.165) is 11.3 Å². The normalized spacial score (nSPS) is 9.31. The minimum atomic E-state index is 0. The van der Waals surface area contributed by atoms with Crippen LogP contribution in [0.4, 0.5) is 0 Å². The van der Waals surface area contributed by atoms with Crippen LogP contribution < -0.4 is 18.9 Å². The van der Waals surface area contributed by atoms with Gasteiger partial charge in [-0.2, -0.15) is 4.90 Å². The molecule has 0 amide bonds. The molecule has 0 unspecified atom stereocenters. The van der Waals surface area contributed by atoms with Gasteiger partial charge in [-0.05, 0) is 12.8 Å². The second-order valence-electron chi connectivity index (χ2n) is 3.06. The van der Waals surface area contributed by atoms with Crippen LogP contribution in [0.15, 0.2) is 29.2 Å². The average molecular weight is 186 g/mol. The molecule has 0 aromatic heterocycles. The summed E-state index contributed by atoms with van der Waals surface area (Å²) in [4.78, 5) is 1.02. The molecule has 0 fully saturated rings. The summed E-state index contributed by atoms with van der Waals surface area (Å²) in [6.45, 7) is 2.22. The molecule has 1 aromatic carbocycles. The van der Waals surface area contributed by atoms with Crippen molar-refractivity contribution in [3.05, 3.63) is 29.8 Å². The van der Waals surface area contributed by atoms with Gasteiger partial charge in [0.2, 0.25) is 0 Å². The Morgan fingerprint density at radius 2 is 1.85 bits per heavy atom. The number of hydrogen-bond donors (Lipinski definition) is 0. The van der Waals surface area contributed by atoms with E-state index < -0.39 is 0 Å². The van der Waals surface area contributed by atoms with E-state index in [1.54, 1.807) is 0 Å². The van der Waals surface area contributed by atoms with Gasteiger partial charge in [-0.1, -0.05) is 49.6 Å². The van der Waals surface area contributed by atoms with Gasteiger partial charge in [0.25, 0.3) is 0 Å². The summed E-state index contributed by atoms with van der Waals surface area (Å²) in [5.41, 5.74) is 1.33. The number of aryl methyl sites for hydroxylation is 1. The van der Waals surface area contributed by atoms with E-state index in [9.17, 15) is 0 Å². The van der Waals surface area contributed by atoms with Crippen LogP contribution in [0.1, 0.15) is 31.7 Å². The molecule has 1 aromatic rings. The molecule has 0 aliphatic heterocycles. The van der Waals surface area contributed by atoms with Crippen molar-refractivity contribution < 1.29 is 18.9 Å². The average Bonchev–Trinajstić information content (AvgIpc) is 2.09. The summed E-state index contributed by atoms with van der Waals surface area (Å²) in [6, 6.07) is 8.22. The van der Waals surface area contributed by atoms with Gasteiger partial charge in [0.15, 0.2) is 0 Å². The van der Waals surface area contributed by atoms with Gasteiger partial charge in [0.1, 0.15) is 0 Å². The maximum absolute atomic E-state index is 5.20. The Bertz CT molecular complexity index is 235. The molecule has 13 heavy (non-hydrogen) atoms. The molecule has 0 saturated heterocycles. The molecule has 0 N–H and O–H groups in total. The summed E-state index contributed by atoms with van der Waals surface area (Å²) in [6.07, 6.45) is 5.00. The minimum absolute atomic E-state index is 0. The van der Waals surface area contributed by atoms with Gasteiger partial charge in [0, 0.05) is 0 Å². The van der Waals surface area contributed by atoms with Gasteiger partial charge in [-0.3, -0.25) is 0 Å². The predicted molar refractivity (Wildman–Crippen MR) is 55.3 cm³/mol. The Kier molecular flexibility index (Phi) is 7.46. The molecule has 0 saturated carbocycles. The number of benzene rings is 1. The first-order chi connectivity index (χ1) is 5.84. The monoisotopic (exact) mass is 186 g/mol. The number of rotatable bonds is 4. The van der Waals surface area contributed by atoms with E-state index in [0.29, 0.717) is 0 Å². The molecule has 0 bridgehead atoms.